The van der Waals surface area contributed by atoms with Crippen LogP contribution < -0.4 is 16.0 Å². The smallest absolute Gasteiger partial charge is 0.336 e. The average Bonchev–Trinajstić information content (AvgIpc) is 2.46. The fourth-order valence-electron chi connectivity index (χ4n) is 1.72. The van der Waals surface area contributed by atoms with E-state index in [1.807, 2.05) is 30.3 Å². The summed E-state index contributed by atoms with van der Waals surface area (Å²) in [6, 6.07) is 14.4. The summed E-state index contributed by atoms with van der Waals surface area (Å²) >= 11 is 0. The van der Waals surface area contributed by atoms with Gasteiger partial charge in [0, 0.05) is 5.69 Å². The van der Waals surface area contributed by atoms with Gasteiger partial charge in [-0.25, -0.2) is 10.3 Å². The van der Waals surface area contributed by atoms with Gasteiger partial charge in [0.15, 0.2) is 0 Å². The number of benzene rings is 2. The number of rotatable bonds is 5. The highest BCUT2D eigenvalue weighted by atomic mass is 16.7. The summed E-state index contributed by atoms with van der Waals surface area (Å²) < 4.78 is 5.14. The molecule has 0 aliphatic heterocycles. The van der Waals surface area contributed by atoms with Gasteiger partial charge in [-0.3, -0.25) is 0 Å². The molecule has 0 atom stereocenters. The van der Waals surface area contributed by atoms with Crippen LogP contribution in [0.5, 0.6) is 5.75 Å². The predicted octanol–water partition coefficient (Wildman–Crippen LogP) is 2.39. The summed E-state index contributed by atoms with van der Waals surface area (Å²) in [5, 5.41) is 0. The average molecular weight is 272 g/mol. The Balaban J connectivity index is 1.95. The molecule has 0 aliphatic rings. The first-order valence-corrected chi connectivity index (χ1v) is 6.12. The minimum absolute atomic E-state index is 0.193. The molecule has 20 heavy (non-hydrogen) atoms. The van der Waals surface area contributed by atoms with Crippen LogP contribution in [0.25, 0.3) is 0 Å². The largest absolute Gasteiger partial charge is 0.494 e. The number of hydrogen-bond donors (Lipinski definition) is 2. The summed E-state index contributed by atoms with van der Waals surface area (Å²) in [7, 11) is 1.53. The lowest BCUT2D eigenvalue weighted by molar-refractivity contribution is -0.139. The molecule has 0 saturated carbocycles. The number of nitrogens with one attached hydrogen (secondary N) is 1. The maximum atomic E-state index is 11.7. The standard InChI is InChI=1S/C15H16N2O3/c1-19-14-8-7-12(16)10-13(14)17-20-15(18)9-11-5-3-2-4-6-11/h2-8,10,17H,9,16H2,1H3. The van der Waals surface area contributed by atoms with Crippen molar-refractivity contribution >= 4 is 17.3 Å². The first-order chi connectivity index (χ1) is 9.69. The maximum absolute atomic E-state index is 11.7. The maximum Gasteiger partial charge on any atom is 0.336 e. The Labute approximate surface area is 117 Å². The molecule has 2 aromatic rings. The van der Waals surface area contributed by atoms with Crippen LogP contribution in [-0.4, -0.2) is 13.1 Å². The molecule has 5 nitrogen and oxygen atoms in total. The highest BCUT2D eigenvalue weighted by Crippen LogP contribution is 2.26. The molecule has 0 unspecified atom stereocenters. The molecular formula is C15H16N2O3. The first-order valence-electron chi connectivity index (χ1n) is 6.12. The molecule has 0 fully saturated rings. The monoisotopic (exact) mass is 272 g/mol. The highest BCUT2D eigenvalue weighted by Gasteiger charge is 2.08. The Hall–Kier alpha value is -2.69. The Bertz CT molecular complexity index is 585. The summed E-state index contributed by atoms with van der Waals surface area (Å²) in [4.78, 5) is 16.7. The number of nitrogens with two attached hydrogens (primary N) is 1. The van der Waals surface area contributed by atoms with Gasteiger partial charge in [-0.05, 0) is 23.8 Å². The lowest BCUT2D eigenvalue weighted by atomic mass is 10.2. The second-order valence-corrected chi connectivity index (χ2v) is 4.20. The Morgan fingerprint density at radius 3 is 2.65 bits per heavy atom. The molecule has 0 saturated heterocycles. The molecule has 2 aromatic carbocycles. The topological polar surface area (TPSA) is 73.6 Å². The van der Waals surface area contributed by atoms with Crippen molar-refractivity contribution in [3.63, 3.8) is 0 Å². The van der Waals surface area contributed by atoms with E-state index in [-0.39, 0.29) is 12.4 Å². The molecule has 0 heterocycles. The van der Waals surface area contributed by atoms with E-state index in [4.69, 9.17) is 15.3 Å². The molecule has 0 radical (unpaired) electrons. The van der Waals surface area contributed by atoms with Gasteiger partial charge in [0.1, 0.15) is 11.4 Å². The Morgan fingerprint density at radius 2 is 1.95 bits per heavy atom. The SMILES string of the molecule is COc1ccc(N)cc1NOC(=O)Cc1ccccc1. The second-order valence-electron chi connectivity index (χ2n) is 4.20. The molecule has 0 spiro atoms. The predicted molar refractivity (Wildman–Crippen MR) is 77.3 cm³/mol. The summed E-state index contributed by atoms with van der Waals surface area (Å²) in [5.74, 6) is 0.160. The Morgan fingerprint density at radius 1 is 1.20 bits per heavy atom. The van der Waals surface area contributed by atoms with Crippen LogP contribution >= 0.6 is 0 Å². The number of carbonyl (C=O) groups excluding carboxylic acids is 1. The zero-order valence-corrected chi connectivity index (χ0v) is 11.1. The van der Waals surface area contributed by atoms with Gasteiger partial charge in [-0.1, -0.05) is 30.3 Å². The molecule has 104 valence electrons. The molecule has 2 rings (SSSR count). The van der Waals surface area contributed by atoms with Gasteiger partial charge in [-0.2, -0.15) is 0 Å². The van der Waals surface area contributed by atoms with Crippen LogP contribution in [0.3, 0.4) is 0 Å². The third-order valence-electron chi connectivity index (χ3n) is 2.69. The van der Waals surface area contributed by atoms with Crippen molar-refractivity contribution in [2.24, 2.45) is 0 Å². The number of ether oxygens (including phenoxy) is 1. The minimum Gasteiger partial charge on any atom is -0.494 e. The third kappa shape index (κ3) is 3.65. The molecule has 0 amide bonds. The van der Waals surface area contributed by atoms with Gasteiger partial charge in [-0.15, -0.1) is 0 Å². The van der Waals surface area contributed by atoms with Crippen molar-refractivity contribution in [3.05, 3.63) is 54.1 Å². The van der Waals surface area contributed by atoms with E-state index < -0.39 is 0 Å². The number of methoxy groups -OCH3 is 1. The summed E-state index contributed by atoms with van der Waals surface area (Å²) in [5.41, 5.74) is 10.2. The summed E-state index contributed by atoms with van der Waals surface area (Å²) in [6.07, 6.45) is 0.193. The van der Waals surface area contributed by atoms with Gasteiger partial charge in [0.2, 0.25) is 0 Å². The fraction of sp³-hybridized carbons (Fsp3) is 0.133. The van der Waals surface area contributed by atoms with Gasteiger partial charge in [0.05, 0.1) is 13.5 Å². The zero-order chi connectivity index (χ0) is 14.4. The molecule has 3 N–H and O–H groups in total. The number of anilines is 2. The second kappa shape index (κ2) is 6.47. The third-order valence-corrected chi connectivity index (χ3v) is 2.69. The number of carbonyl (C=O) groups is 1. The lowest BCUT2D eigenvalue weighted by Crippen LogP contribution is -2.13. The first kappa shape index (κ1) is 13.7. The molecule has 0 aliphatic carbocycles. The van der Waals surface area contributed by atoms with Crippen molar-refractivity contribution in [1.82, 2.24) is 0 Å². The molecular weight excluding hydrogens is 256 g/mol. The number of hydrogen-bond acceptors (Lipinski definition) is 5. The van der Waals surface area contributed by atoms with Crippen LogP contribution in [0.1, 0.15) is 5.56 Å². The van der Waals surface area contributed by atoms with Crippen LogP contribution in [0.2, 0.25) is 0 Å². The van der Waals surface area contributed by atoms with Crippen LogP contribution in [0, 0.1) is 0 Å². The van der Waals surface area contributed by atoms with Crippen LogP contribution in [-0.2, 0) is 16.1 Å². The normalized spacial score (nSPS) is 9.85. The van der Waals surface area contributed by atoms with Gasteiger partial charge >= 0.3 is 5.97 Å². The molecule has 0 aromatic heterocycles. The highest BCUT2D eigenvalue weighted by molar-refractivity contribution is 5.74. The Kier molecular flexibility index (Phi) is 4.44. The van der Waals surface area contributed by atoms with Crippen molar-refractivity contribution < 1.29 is 14.4 Å². The van der Waals surface area contributed by atoms with E-state index in [1.54, 1.807) is 18.2 Å². The van der Waals surface area contributed by atoms with Crippen molar-refractivity contribution in [1.29, 1.82) is 0 Å². The quantitative estimate of drug-likeness (QED) is 0.646. The van der Waals surface area contributed by atoms with Crippen molar-refractivity contribution in [2.45, 2.75) is 6.42 Å². The van der Waals surface area contributed by atoms with E-state index >= 15 is 0 Å². The summed E-state index contributed by atoms with van der Waals surface area (Å²) in [6.45, 7) is 0. The fourth-order valence-corrected chi connectivity index (χ4v) is 1.72. The van der Waals surface area contributed by atoms with E-state index in [0.29, 0.717) is 17.1 Å². The van der Waals surface area contributed by atoms with Crippen molar-refractivity contribution in [3.8, 4) is 5.75 Å². The van der Waals surface area contributed by atoms with Gasteiger partial charge < -0.3 is 15.3 Å². The van der Waals surface area contributed by atoms with E-state index in [0.717, 1.165) is 5.56 Å². The lowest BCUT2D eigenvalue weighted by Gasteiger charge is -2.11. The minimum atomic E-state index is -0.388. The van der Waals surface area contributed by atoms with E-state index in [1.165, 1.54) is 7.11 Å². The van der Waals surface area contributed by atoms with E-state index in [2.05, 4.69) is 5.48 Å². The van der Waals surface area contributed by atoms with Gasteiger partial charge in [0.25, 0.3) is 0 Å². The van der Waals surface area contributed by atoms with E-state index in [9.17, 15) is 4.79 Å². The molecule has 5 heteroatoms. The van der Waals surface area contributed by atoms with Crippen LogP contribution in [0.15, 0.2) is 48.5 Å². The van der Waals surface area contributed by atoms with Crippen LogP contribution in [0.4, 0.5) is 11.4 Å². The number of nitrogen functional groups attached to an aromatic ring is 1. The van der Waals surface area contributed by atoms with Crippen molar-refractivity contribution in [2.75, 3.05) is 18.3 Å². The molecule has 0 bridgehead atoms. The zero-order valence-electron chi connectivity index (χ0n) is 11.1.